The van der Waals surface area contributed by atoms with E-state index in [-0.39, 0.29) is 5.75 Å². The Labute approximate surface area is 150 Å². The van der Waals surface area contributed by atoms with Gasteiger partial charge in [-0.3, -0.25) is 0 Å². The molecule has 0 aromatic heterocycles. The van der Waals surface area contributed by atoms with Gasteiger partial charge in [0.1, 0.15) is 5.75 Å². The van der Waals surface area contributed by atoms with Crippen LogP contribution in [0.2, 0.25) is 0 Å². The maximum atomic E-state index is 14.6. The Bertz CT molecular complexity index is 994. The molecule has 2 aliphatic rings. The zero-order valence-electron chi connectivity index (χ0n) is 13.9. The minimum atomic E-state index is -2.71. The van der Waals surface area contributed by atoms with E-state index in [9.17, 15) is 13.9 Å². The molecule has 2 unspecified atom stereocenters. The van der Waals surface area contributed by atoms with Gasteiger partial charge in [0.05, 0.1) is 11.8 Å². The number of hydrogen-bond donors (Lipinski definition) is 1. The maximum absolute atomic E-state index is 14.6. The highest BCUT2D eigenvalue weighted by Crippen LogP contribution is 2.70. The van der Waals surface area contributed by atoms with Crippen LogP contribution in [0.3, 0.4) is 0 Å². The van der Waals surface area contributed by atoms with Gasteiger partial charge in [0.25, 0.3) is 5.92 Å². The van der Waals surface area contributed by atoms with Crippen LogP contribution in [-0.4, -0.2) is 11.0 Å². The SMILES string of the molecule is Oc1cccc(C=C2c3ccccc3C3C(c4ccccc42)C3(F)F)c1. The van der Waals surface area contributed by atoms with Gasteiger partial charge in [0.2, 0.25) is 0 Å². The van der Waals surface area contributed by atoms with E-state index < -0.39 is 17.8 Å². The lowest BCUT2D eigenvalue weighted by molar-refractivity contribution is 0.105. The van der Waals surface area contributed by atoms with Gasteiger partial charge < -0.3 is 5.11 Å². The standard InChI is InChI=1S/C23H16F2O/c24-23(25)21-18-10-3-1-8-16(18)20(13-14-6-5-7-15(26)12-14)17-9-2-4-11-19(17)22(21)23/h1-13,21-22,26H. The molecule has 1 N–H and O–H groups in total. The van der Waals surface area contributed by atoms with Crippen LogP contribution in [0.25, 0.3) is 11.6 Å². The number of fused-ring (bicyclic) bond motifs is 5. The van der Waals surface area contributed by atoms with Gasteiger partial charge in [-0.2, -0.15) is 0 Å². The average Bonchev–Trinajstić information content (AvgIpc) is 3.24. The van der Waals surface area contributed by atoms with Crippen LogP contribution in [-0.2, 0) is 0 Å². The quantitative estimate of drug-likeness (QED) is 0.589. The Morgan fingerprint density at radius 1 is 0.769 bits per heavy atom. The molecule has 3 heteroatoms. The second-order valence-corrected chi connectivity index (χ2v) is 6.96. The molecule has 1 nitrogen and oxygen atoms in total. The van der Waals surface area contributed by atoms with Gasteiger partial charge in [-0.1, -0.05) is 60.7 Å². The van der Waals surface area contributed by atoms with Gasteiger partial charge in [-0.25, -0.2) is 8.78 Å². The number of alkyl halides is 2. The minimum absolute atomic E-state index is 0.184. The molecule has 0 bridgehead atoms. The smallest absolute Gasteiger partial charge is 0.263 e. The summed E-state index contributed by atoms with van der Waals surface area (Å²) in [6.45, 7) is 0. The number of aromatic hydroxyl groups is 1. The first-order chi connectivity index (χ1) is 12.6. The number of halogens is 2. The summed E-state index contributed by atoms with van der Waals surface area (Å²) in [4.78, 5) is 0. The van der Waals surface area contributed by atoms with Crippen molar-refractivity contribution >= 4 is 11.6 Å². The minimum Gasteiger partial charge on any atom is -0.508 e. The molecule has 3 aromatic carbocycles. The van der Waals surface area contributed by atoms with E-state index in [0.29, 0.717) is 11.1 Å². The summed E-state index contributed by atoms with van der Waals surface area (Å²) in [7, 11) is 0. The van der Waals surface area contributed by atoms with E-state index in [0.717, 1.165) is 22.3 Å². The van der Waals surface area contributed by atoms with Crippen LogP contribution in [0.1, 0.15) is 39.7 Å². The Hall–Kier alpha value is -2.94. The molecule has 3 aromatic rings. The molecular weight excluding hydrogens is 330 g/mol. The Kier molecular flexibility index (Phi) is 3.11. The predicted octanol–water partition coefficient (Wildman–Crippen LogP) is 5.81. The number of hydrogen-bond acceptors (Lipinski definition) is 1. The molecule has 128 valence electrons. The summed E-state index contributed by atoms with van der Waals surface area (Å²) in [5.74, 6) is -4.06. The molecular formula is C23H16F2O. The maximum Gasteiger partial charge on any atom is 0.263 e. The van der Waals surface area contributed by atoms with E-state index in [1.54, 1.807) is 18.2 Å². The van der Waals surface area contributed by atoms with Crippen LogP contribution < -0.4 is 0 Å². The molecule has 0 heterocycles. The summed E-state index contributed by atoms with van der Waals surface area (Å²) >= 11 is 0. The molecule has 0 aliphatic heterocycles. The number of benzene rings is 3. The molecule has 5 rings (SSSR count). The van der Waals surface area contributed by atoms with Crippen molar-refractivity contribution in [1.29, 1.82) is 0 Å². The van der Waals surface area contributed by atoms with Crippen molar-refractivity contribution in [1.82, 2.24) is 0 Å². The lowest BCUT2D eigenvalue weighted by Crippen LogP contribution is -2.02. The molecule has 2 aliphatic carbocycles. The first kappa shape index (κ1) is 15.3. The summed E-state index contributed by atoms with van der Waals surface area (Å²) in [5, 5.41) is 9.78. The van der Waals surface area contributed by atoms with Crippen molar-refractivity contribution in [3.8, 4) is 5.75 Å². The summed E-state index contributed by atoms with van der Waals surface area (Å²) in [6, 6.07) is 21.9. The van der Waals surface area contributed by atoms with E-state index >= 15 is 0 Å². The van der Waals surface area contributed by atoms with Gasteiger partial charge in [0.15, 0.2) is 0 Å². The van der Waals surface area contributed by atoms with Gasteiger partial charge in [-0.05, 0) is 51.6 Å². The van der Waals surface area contributed by atoms with Crippen LogP contribution in [0.15, 0.2) is 72.8 Å². The van der Waals surface area contributed by atoms with E-state index in [4.69, 9.17) is 0 Å². The van der Waals surface area contributed by atoms with Crippen molar-refractivity contribution in [2.45, 2.75) is 17.8 Å². The van der Waals surface area contributed by atoms with E-state index in [1.807, 2.05) is 60.7 Å². The van der Waals surface area contributed by atoms with Crippen molar-refractivity contribution < 1.29 is 13.9 Å². The molecule has 1 saturated carbocycles. The second-order valence-electron chi connectivity index (χ2n) is 6.96. The van der Waals surface area contributed by atoms with Gasteiger partial charge >= 0.3 is 0 Å². The third-order valence-corrected chi connectivity index (χ3v) is 5.41. The highest BCUT2D eigenvalue weighted by Gasteiger charge is 2.70. The van der Waals surface area contributed by atoms with Crippen molar-refractivity contribution in [2.24, 2.45) is 0 Å². The molecule has 0 radical (unpaired) electrons. The lowest BCUT2D eigenvalue weighted by atomic mass is 9.90. The molecule has 0 spiro atoms. The van der Waals surface area contributed by atoms with Crippen LogP contribution in [0.4, 0.5) is 8.78 Å². The fourth-order valence-electron chi connectivity index (χ4n) is 4.21. The van der Waals surface area contributed by atoms with Crippen molar-refractivity contribution in [3.63, 3.8) is 0 Å². The Balaban J connectivity index is 1.80. The Morgan fingerprint density at radius 3 is 1.92 bits per heavy atom. The fraction of sp³-hybridized carbons (Fsp3) is 0.130. The molecule has 0 amide bonds. The van der Waals surface area contributed by atoms with Gasteiger partial charge in [-0.15, -0.1) is 0 Å². The third kappa shape index (κ3) is 2.13. The number of rotatable bonds is 1. The monoisotopic (exact) mass is 346 g/mol. The number of phenolic OH excluding ortho intramolecular Hbond substituents is 1. The average molecular weight is 346 g/mol. The Morgan fingerprint density at radius 2 is 1.35 bits per heavy atom. The third-order valence-electron chi connectivity index (χ3n) is 5.41. The molecule has 26 heavy (non-hydrogen) atoms. The molecule has 2 atom stereocenters. The highest BCUT2D eigenvalue weighted by molar-refractivity contribution is 5.95. The van der Waals surface area contributed by atoms with E-state index in [2.05, 4.69) is 0 Å². The van der Waals surface area contributed by atoms with Crippen molar-refractivity contribution in [3.05, 3.63) is 101 Å². The van der Waals surface area contributed by atoms with Gasteiger partial charge in [0, 0.05) is 0 Å². The summed E-state index contributed by atoms with van der Waals surface area (Å²) < 4.78 is 29.2. The zero-order valence-corrected chi connectivity index (χ0v) is 13.9. The first-order valence-corrected chi connectivity index (χ1v) is 8.64. The predicted molar refractivity (Wildman–Crippen MR) is 98.4 cm³/mol. The number of phenols is 1. The highest BCUT2D eigenvalue weighted by atomic mass is 19.3. The summed E-state index contributed by atoms with van der Waals surface area (Å²) in [6.07, 6.45) is 1.97. The largest absolute Gasteiger partial charge is 0.508 e. The van der Waals surface area contributed by atoms with Crippen LogP contribution in [0, 0.1) is 0 Å². The zero-order chi connectivity index (χ0) is 17.9. The molecule has 1 fully saturated rings. The second kappa shape index (κ2) is 5.28. The summed E-state index contributed by atoms with van der Waals surface area (Å²) in [5.41, 5.74) is 4.84. The van der Waals surface area contributed by atoms with Crippen LogP contribution >= 0.6 is 0 Å². The first-order valence-electron chi connectivity index (χ1n) is 8.64. The lowest BCUT2D eigenvalue weighted by Gasteiger charge is -2.15. The van der Waals surface area contributed by atoms with E-state index in [1.165, 1.54) is 0 Å². The molecule has 0 saturated heterocycles. The van der Waals surface area contributed by atoms with Crippen LogP contribution in [0.5, 0.6) is 5.75 Å². The normalized spacial score (nSPS) is 21.8. The van der Waals surface area contributed by atoms with Crippen molar-refractivity contribution in [2.75, 3.05) is 0 Å². The fourth-order valence-corrected chi connectivity index (χ4v) is 4.21. The topological polar surface area (TPSA) is 20.2 Å².